The minimum atomic E-state index is -0.821. The summed E-state index contributed by atoms with van der Waals surface area (Å²) in [6.45, 7) is 2.11. The van der Waals surface area contributed by atoms with Crippen LogP contribution in [0.15, 0.2) is 18.2 Å². The number of rotatable bonds is 5. The Morgan fingerprint density at radius 1 is 1.20 bits per heavy atom. The summed E-state index contributed by atoms with van der Waals surface area (Å²) in [6.07, 6.45) is 4.09. The Labute approximate surface area is 89.3 Å². The van der Waals surface area contributed by atoms with Crippen LogP contribution in [0.5, 0.6) is 0 Å². The fourth-order valence-electron chi connectivity index (χ4n) is 1.52. The average Bonchev–Trinajstić information content (AvgIpc) is 2.22. The van der Waals surface area contributed by atoms with Gasteiger partial charge in [0.25, 0.3) is 0 Å². The van der Waals surface area contributed by atoms with Crippen molar-refractivity contribution in [2.75, 3.05) is 0 Å². The number of hydrogen-bond donors (Lipinski definition) is 1. The summed E-state index contributed by atoms with van der Waals surface area (Å²) in [6, 6.07) is 3.68. The molecule has 0 aliphatic carbocycles. The van der Waals surface area contributed by atoms with Gasteiger partial charge in [0.15, 0.2) is 11.6 Å². The second-order valence-corrected chi connectivity index (χ2v) is 3.78. The van der Waals surface area contributed by atoms with Gasteiger partial charge in [0.05, 0.1) is 0 Å². The van der Waals surface area contributed by atoms with Crippen molar-refractivity contribution in [1.29, 1.82) is 0 Å². The molecule has 0 heterocycles. The summed E-state index contributed by atoms with van der Waals surface area (Å²) in [5, 5.41) is 0. The van der Waals surface area contributed by atoms with Crippen LogP contribution in [0, 0.1) is 11.6 Å². The van der Waals surface area contributed by atoms with Crippen LogP contribution in [-0.2, 0) is 0 Å². The molecule has 1 aromatic rings. The van der Waals surface area contributed by atoms with Gasteiger partial charge in [-0.3, -0.25) is 0 Å². The van der Waals surface area contributed by atoms with Crippen molar-refractivity contribution in [2.45, 2.75) is 38.6 Å². The normalized spacial score (nSPS) is 12.8. The van der Waals surface area contributed by atoms with Gasteiger partial charge in [0.1, 0.15) is 0 Å². The lowest BCUT2D eigenvalue weighted by Gasteiger charge is -2.11. The van der Waals surface area contributed by atoms with Crippen LogP contribution in [0.2, 0.25) is 0 Å². The van der Waals surface area contributed by atoms with Crippen molar-refractivity contribution in [2.24, 2.45) is 5.73 Å². The van der Waals surface area contributed by atoms with E-state index in [4.69, 9.17) is 5.73 Å². The first kappa shape index (κ1) is 12.1. The molecule has 0 aliphatic heterocycles. The van der Waals surface area contributed by atoms with Crippen LogP contribution in [-0.4, -0.2) is 0 Å². The van der Waals surface area contributed by atoms with E-state index in [0.29, 0.717) is 5.56 Å². The van der Waals surface area contributed by atoms with Crippen molar-refractivity contribution in [3.05, 3.63) is 35.4 Å². The predicted molar refractivity (Wildman–Crippen MR) is 57.4 cm³/mol. The second-order valence-electron chi connectivity index (χ2n) is 3.78. The quantitative estimate of drug-likeness (QED) is 0.744. The molecule has 0 spiro atoms. The van der Waals surface area contributed by atoms with Crippen LogP contribution in [0.25, 0.3) is 0 Å². The molecule has 1 rings (SSSR count). The van der Waals surface area contributed by atoms with Gasteiger partial charge in [0.2, 0.25) is 0 Å². The van der Waals surface area contributed by atoms with Gasteiger partial charge < -0.3 is 5.73 Å². The third-order valence-electron chi connectivity index (χ3n) is 2.49. The van der Waals surface area contributed by atoms with E-state index < -0.39 is 11.6 Å². The van der Waals surface area contributed by atoms with Crippen molar-refractivity contribution in [3.8, 4) is 0 Å². The highest BCUT2D eigenvalue weighted by Gasteiger charge is 2.08. The first-order chi connectivity index (χ1) is 7.15. The Morgan fingerprint density at radius 2 is 1.93 bits per heavy atom. The summed E-state index contributed by atoms with van der Waals surface area (Å²) in [7, 11) is 0. The maximum atomic E-state index is 12.9. The number of unbranched alkanes of at least 4 members (excludes halogenated alkanes) is 2. The maximum Gasteiger partial charge on any atom is 0.159 e. The van der Waals surface area contributed by atoms with Crippen molar-refractivity contribution in [3.63, 3.8) is 0 Å². The third-order valence-corrected chi connectivity index (χ3v) is 2.49. The minimum Gasteiger partial charge on any atom is -0.324 e. The van der Waals surface area contributed by atoms with E-state index in [1.165, 1.54) is 6.07 Å². The Kier molecular flexibility index (Phi) is 4.69. The lowest BCUT2D eigenvalue weighted by molar-refractivity contribution is 0.502. The Bertz CT molecular complexity index is 312. The van der Waals surface area contributed by atoms with Crippen molar-refractivity contribution >= 4 is 0 Å². The molecule has 0 aliphatic rings. The highest BCUT2D eigenvalue weighted by molar-refractivity contribution is 5.20. The largest absolute Gasteiger partial charge is 0.324 e. The van der Waals surface area contributed by atoms with E-state index in [9.17, 15) is 8.78 Å². The van der Waals surface area contributed by atoms with Crippen molar-refractivity contribution in [1.82, 2.24) is 0 Å². The molecule has 0 saturated heterocycles. The van der Waals surface area contributed by atoms with Gasteiger partial charge in [-0.05, 0) is 24.1 Å². The van der Waals surface area contributed by atoms with E-state index in [1.807, 2.05) is 0 Å². The Morgan fingerprint density at radius 3 is 2.53 bits per heavy atom. The predicted octanol–water partition coefficient (Wildman–Crippen LogP) is 3.54. The molecule has 1 aromatic carbocycles. The number of nitrogens with two attached hydrogens (primary N) is 1. The summed E-state index contributed by atoms with van der Waals surface area (Å²) >= 11 is 0. The fraction of sp³-hybridized carbons (Fsp3) is 0.500. The monoisotopic (exact) mass is 213 g/mol. The highest BCUT2D eigenvalue weighted by atomic mass is 19.2. The summed E-state index contributed by atoms with van der Waals surface area (Å²) in [4.78, 5) is 0. The van der Waals surface area contributed by atoms with E-state index in [-0.39, 0.29) is 6.04 Å². The molecule has 1 atom stereocenters. The Balaban J connectivity index is 2.57. The van der Waals surface area contributed by atoms with Gasteiger partial charge in [-0.25, -0.2) is 8.78 Å². The van der Waals surface area contributed by atoms with E-state index in [2.05, 4.69) is 6.92 Å². The van der Waals surface area contributed by atoms with Crippen LogP contribution in [0.4, 0.5) is 8.78 Å². The summed E-state index contributed by atoms with van der Waals surface area (Å²) in [5.41, 5.74) is 6.54. The van der Waals surface area contributed by atoms with E-state index in [0.717, 1.165) is 31.7 Å². The lowest BCUT2D eigenvalue weighted by Crippen LogP contribution is -2.10. The zero-order valence-electron chi connectivity index (χ0n) is 8.97. The van der Waals surface area contributed by atoms with Gasteiger partial charge in [-0.2, -0.15) is 0 Å². The van der Waals surface area contributed by atoms with Crippen LogP contribution >= 0.6 is 0 Å². The van der Waals surface area contributed by atoms with Crippen LogP contribution in [0.3, 0.4) is 0 Å². The summed E-state index contributed by atoms with van der Waals surface area (Å²) < 4.78 is 25.6. The second kappa shape index (κ2) is 5.81. The van der Waals surface area contributed by atoms with E-state index in [1.54, 1.807) is 6.07 Å². The molecule has 0 unspecified atom stereocenters. The topological polar surface area (TPSA) is 26.0 Å². The molecule has 15 heavy (non-hydrogen) atoms. The number of benzene rings is 1. The summed E-state index contributed by atoms with van der Waals surface area (Å²) in [5.74, 6) is -1.64. The van der Waals surface area contributed by atoms with Gasteiger partial charge in [0, 0.05) is 6.04 Å². The van der Waals surface area contributed by atoms with Crippen molar-refractivity contribution < 1.29 is 8.78 Å². The van der Waals surface area contributed by atoms with E-state index >= 15 is 0 Å². The molecule has 2 N–H and O–H groups in total. The smallest absolute Gasteiger partial charge is 0.159 e. The molecule has 0 fully saturated rings. The number of hydrogen-bond acceptors (Lipinski definition) is 1. The molecule has 0 aromatic heterocycles. The van der Waals surface area contributed by atoms with Gasteiger partial charge in [-0.1, -0.05) is 32.3 Å². The molecule has 0 radical (unpaired) electrons. The van der Waals surface area contributed by atoms with Crippen LogP contribution in [0.1, 0.15) is 44.2 Å². The molecule has 0 saturated carbocycles. The SMILES string of the molecule is CCCCC[C@H](N)c1ccc(F)c(F)c1. The fourth-order valence-corrected chi connectivity index (χ4v) is 1.52. The standard InChI is InChI=1S/C12H17F2N/c1-2-3-4-5-12(15)9-6-7-10(13)11(14)8-9/h6-8,12H,2-5,15H2,1H3/t12-/m0/s1. The first-order valence-electron chi connectivity index (χ1n) is 5.35. The lowest BCUT2D eigenvalue weighted by atomic mass is 10.0. The van der Waals surface area contributed by atoms with Gasteiger partial charge >= 0.3 is 0 Å². The minimum absolute atomic E-state index is 0.188. The highest BCUT2D eigenvalue weighted by Crippen LogP contribution is 2.19. The number of halogens is 2. The maximum absolute atomic E-state index is 12.9. The average molecular weight is 213 g/mol. The molecule has 3 heteroatoms. The first-order valence-corrected chi connectivity index (χ1v) is 5.35. The van der Waals surface area contributed by atoms with Crippen LogP contribution < -0.4 is 5.73 Å². The molecular weight excluding hydrogens is 196 g/mol. The van der Waals surface area contributed by atoms with Gasteiger partial charge in [-0.15, -0.1) is 0 Å². The molecule has 0 amide bonds. The molecule has 0 bridgehead atoms. The molecular formula is C12H17F2N. The third kappa shape index (κ3) is 3.59. The zero-order chi connectivity index (χ0) is 11.3. The Hall–Kier alpha value is -0.960. The molecule has 1 nitrogen and oxygen atoms in total. The zero-order valence-corrected chi connectivity index (χ0v) is 8.97. The molecule has 84 valence electrons.